The van der Waals surface area contributed by atoms with Crippen LogP contribution in [0.5, 0.6) is 0 Å². The van der Waals surface area contributed by atoms with Gasteiger partial charge in [-0.2, -0.15) is 0 Å². The van der Waals surface area contributed by atoms with Crippen LogP contribution in [0, 0.1) is 23.5 Å². The van der Waals surface area contributed by atoms with Crippen molar-refractivity contribution >= 4 is 15.9 Å². The van der Waals surface area contributed by atoms with E-state index in [4.69, 9.17) is 0 Å². The zero-order valence-corrected chi connectivity index (χ0v) is 14.3. The van der Waals surface area contributed by atoms with Gasteiger partial charge in [0, 0.05) is 11.6 Å². The summed E-state index contributed by atoms with van der Waals surface area (Å²) in [5, 5.41) is 3.32. The Morgan fingerprint density at radius 3 is 2.71 bits per heavy atom. The number of hydrogen-bond donors (Lipinski definition) is 1. The smallest absolute Gasteiger partial charge is 0.145 e. The van der Waals surface area contributed by atoms with Gasteiger partial charge in [0.25, 0.3) is 0 Å². The maximum absolute atomic E-state index is 14.4. The highest BCUT2D eigenvalue weighted by Gasteiger charge is 2.32. The second-order valence-corrected chi connectivity index (χ2v) is 6.85. The summed E-state index contributed by atoms with van der Waals surface area (Å²) in [6, 6.07) is 2.56. The van der Waals surface area contributed by atoms with Crippen molar-refractivity contribution in [2.45, 2.75) is 52.0 Å². The van der Waals surface area contributed by atoms with Crippen LogP contribution in [0.25, 0.3) is 0 Å². The third-order valence-corrected chi connectivity index (χ3v) is 5.30. The molecule has 0 aromatic heterocycles. The first-order valence-electron chi connectivity index (χ1n) is 7.95. The molecule has 3 atom stereocenters. The zero-order chi connectivity index (χ0) is 15.4. The topological polar surface area (TPSA) is 12.0 Å². The van der Waals surface area contributed by atoms with Gasteiger partial charge in [-0.25, -0.2) is 8.78 Å². The van der Waals surface area contributed by atoms with Gasteiger partial charge < -0.3 is 5.32 Å². The summed E-state index contributed by atoms with van der Waals surface area (Å²) < 4.78 is 29.0. The van der Waals surface area contributed by atoms with Gasteiger partial charge in [-0.3, -0.25) is 0 Å². The second-order valence-electron chi connectivity index (χ2n) is 5.99. The molecule has 21 heavy (non-hydrogen) atoms. The fourth-order valence-corrected chi connectivity index (χ4v) is 3.90. The van der Waals surface area contributed by atoms with Gasteiger partial charge >= 0.3 is 0 Å². The first-order chi connectivity index (χ1) is 10.1. The van der Waals surface area contributed by atoms with E-state index in [1.807, 2.05) is 6.92 Å². The zero-order valence-electron chi connectivity index (χ0n) is 12.8. The minimum absolute atomic E-state index is 0.202. The number of benzene rings is 1. The summed E-state index contributed by atoms with van der Waals surface area (Å²) in [7, 11) is 0. The molecule has 118 valence electrons. The van der Waals surface area contributed by atoms with Crippen molar-refractivity contribution in [3.63, 3.8) is 0 Å². The van der Waals surface area contributed by atoms with Crippen molar-refractivity contribution in [1.29, 1.82) is 0 Å². The van der Waals surface area contributed by atoms with E-state index in [9.17, 15) is 8.78 Å². The van der Waals surface area contributed by atoms with Gasteiger partial charge in [-0.05, 0) is 59.3 Å². The van der Waals surface area contributed by atoms with Crippen molar-refractivity contribution in [2.75, 3.05) is 6.54 Å². The molecule has 0 amide bonds. The highest BCUT2D eigenvalue weighted by atomic mass is 79.9. The van der Waals surface area contributed by atoms with Crippen molar-refractivity contribution in [3.8, 4) is 0 Å². The first kappa shape index (κ1) is 16.9. The summed E-state index contributed by atoms with van der Waals surface area (Å²) >= 11 is 3.18. The van der Waals surface area contributed by atoms with Crippen LogP contribution in [0.3, 0.4) is 0 Å². The number of hydrogen-bond acceptors (Lipinski definition) is 1. The van der Waals surface area contributed by atoms with E-state index >= 15 is 0 Å². The van der Waals surface area contributed by atoms with Crippen LogP contribution in [-0.2, 0) is 0 Å². The van der Waals surface area contributed by atoms with Crippen LogP contribution in [0.4, 0.5) is 8.78 Å². The molecule has 0 aliphatic heterocycles. The molecule has 1 saturated carbocycles. The molecule has 0 bridgehead atoms. The van der Waals surface area contributed by atoms with E-state index in [2.05, 4.69) is 28.2 Å². The lowest BCUT2D eigenvalue weighted by molar-refractivity contribution is 0.205. The molecule has 4 heteroatoms. The second kappa shape index (κ2) is 7.68. The van der Waals surface area contributed by atoms with E-state index in [1.165, 1.54) is 18.6 Å². The largest absolute Gasteiger partial charge is 0.310 e. The van der Waals surface area contributed by atoms with Crippen molar-refractivity contribution in [3.05, 3.63) is 33.8 Å². The fourth-order valence-electron chi connectivity index (χ4n) is 3.56. The van der Waals surface area contributed by atoms with Gasteiger partial charge in [0.2, 0.25) is 0 Å². The molecule has 0 spiro atoms. The summed E-state index contributed by atoms with van der Waals surface area (Å²) in [5.74, 6) is 0.0879. The Labute approximate surface area is 134 Å². The molecule has 1 aliphatic carbocycles. The quantitative estimate of drug-likeness (QED) is 0.675. The molecule has 2 rings (SSSR count). The normalized spacial score (nSPS) is 24.0. The Morgan fingerprint density at radius 1 is 1.29 bits per heavy atom. The predicted molar refractivity (Wildman–Crippen MR) is 86.2 cm³/mol. The van der Waals surface area contributed by atoms with Crippen LogP contribution in [0.2, 0.25) is 0 Å². The van der Waals surface area contributed by atoms with E-state index in [1.54, 1.807) is 0 Å². The Kier molecular flexibility index (Phi) is 6.18. The first-order valence-corrected chi connectivity index (χ1v) is 8.74. The van der Waals surface area contributed by atoms with Crippen molar-refractivity contribution in [1.82, 2.24) is 5.32 Å². The third-order valence-electron chi connectivity index (χ3n) is 4.69. The SMILES string of the molecule is CCNC(c1c(F)ccc(Br)c1F)C1CCCC(CC)C1. The monoisotopic (exact) mass is 359 g/mol. The molecule has 1 aromatic rings. The molecule has 3 unspecified atom stereocenters. The number of halogens is 3. The van der Waals surface area contributed by atoms with Crippen LogP contribution in [0.1, 0.15) is 57.6 Å². The van der Waals surface area contributed by atoms with Gasteiger partial charge in [-0.1, -0.05) is 33.1 Å². The predicted octanol–water partition coefficient (Wildman–Crippen LogP) is 5.59. The minimum Gasteiger partial charge on any atom is -0.310 e. The summed E-state index contributed by atoms with van der Waals surface area (Å²) in [6.45, 7) is 4.90. The molecule has 1 fully saturated rings. The third kappa shape index (κ3) is 3.84. The van der Waals surface area contributed by atoms with Gasteiger partial charge in [-0.15, -0.1) is 0 Å². The molecule has 1 nitrogen and oxygen atoms in total. The average molecular weight is 360 g/mol. The lowest BCUT2D eigenvalue weighted by Gasteiger charge is -2.35. The molecule has 0 saturated heterocycles. The molecular weight excluding hydrogens is 336 g/mol. The Hall–Kier alpha value is -0.480. The van der Waals surface area contributed by atoms with Gasteiger partial charge in [0.1, 0.15) is 11.6 Å². The highest BCUT2D eigenvalue weighted by molar-refractivity contribution is 9.10. The van der Waals surface area contributed by atoms with Crippen LogP contribution in [0.15, 0.2) is 16.6 Å². The Morgan fingerprint density at radius 2 is 2.05 bits per heavy atom. The molecule has 1 aliphatic rings. The number of nitrogens with one attached hydrogen (secondary N) is 1. The van der Waals surface area contributed by atoms with Crippen molar-refractivity contribution in [2.24, 2.45) is 11.8 Å². The van der Waals surface area contributed by atoms with Crippen molar-refractivity contribution < 1.29 is 8.78 Å². The standard InChI is InChI=1S/C17H24BrF2N/c1-3-11-6-5-7-12(10-11)17(21-4-2)15-14(19)9-8-13(18)16(15)20/h8-9,11-12,17,21H,3-7,10H2,1-2H3. The summed E-state index contributed by atoms with van der Waals surface area (Å²) in [5.41, 5.74) is 0.202. The Balaban J connectivity index is 2.32. The maximum Gasteiger partial charge on any atom is 0.145 e. The molecule has 1 aromatic carbocycles. The lowest BCUT2D eigenvalue weighted by Crippen LogP contribution is -2.33. The molecular formula is C17H24BrF2N. The summed E-state index contributed by atoms with van der Waals surface area (Å²) in [6.07, 6.45) is 5.65. The fraction of sp³-hybridized carbons (Fsp3) is 0.647. The van der Waals surface area contributed by atoms with Gasteiger partial charge in [0.15, 0.2) is 0 Å². The van der Waals surface area contributed by atoms with Crippen LogP contribution in [-0.4, -0.2) is 6.54 Å². The molecule has 0 radical (unpaired) electrons. The average Bonchev–Trinajstić information content (AvgIpc) is 2.50. The van der Waals surface area contributed by atoms with Gasteiger partial charge in [0.05, 0.1) is 4.47 Å². The van der Waals surface area contributed by atoms with E-state index < -0.39 is 11.6 Å². The molecule has 0 heterocycles. The highest BCUT2D eigenvalue weighted by Crippen LogP contribution is 2.40. The lowest BCUT2D eigenvalue weighted by atomic mass is 9.75. The van der Waals surface area contributed by atoms with Crippen LogP contribution < -0.4 is 5.32 Å². The Bertz CT molecular complexity index is 478. The minimum atomic E-state index is -0.459. The van der Waals surface area contributed by atoms with E-state index in [0.717, 1.165) is 25.7 Å². The summed E-state index contributed by atoms with van der Waals surface area (Å²) in [4.78, 5) is 0. The van der Waals surface area contributed by atoms with Crippen LogP contribution >= 0.6 is 15.9 Å². The van der Waals surface area contributed by atoms with E-state index in [-0.39, 0.29) is 11.6 Å². The number of rotatable bonds is 5. The molecule has 1 N–H and O–H groups in total. The maximum atomic E-state index is 14.4. The van der Waals surface area contributed by atoms with E-state index in [0.29, 0.717) is 22.9 Å².